The van der Waals surface area contributed by atoms with Crippen molar-refractivity contribution >= 4 is 61.5 Å². The third-order valence-electron chi connectivity index (χ3n) is 4.36. The Morgan fingerprint density at radius 2 is 1.38 bits per heavy atom. The summed E-state index contributed by atoms with van der Waals surface area (Å²) in [5.41, 5.74) is 1.76. The van der Waals surface area contributed by atoms with Crippen molar-refractivity contribution in [2.45, 2.75) is 0 Å². The number of barbiturate groups is 1. The molecule has 1 aliphatic heterocycles. The van der Waals surface area contributed by atoms with Crippen molar-refractivity contribution in [2.75, 3.05) is 4.90 Å². The molecule has 0 unspecified atom stereocenters. The Labute approximate surface area is 183 Å². The highest BCUT2D eigenvalue weighted by atomic mass is 79.9. The molecule has 6 nitrogen and oxygen atoms in total. The third kappa shape index (κ3) is 3.81. The van der Waals surface area contributed by atoms with Crippen molar-refractivity contribution in [2.24, 2.45) is 0 Å². The summed E-state index contributed by atoms with van der Waals surface area (Å²) in [5.74, 6) is -1.40. The van der Waals surface area contributed by atoms with Crippen LogP contribution < -0.4 is 10.2 Å². The molecule has 0 aliphatic carbocycles. The Kier molecular flexibility index (Phi) is 5.21. The zero-order valence-electron chi connectivity index (χ0n) is 14.8. The van der Waals surface area contributed by atoms with Gasteiger partial charge in [0, 0.05) is 26.5 Å². The Morgan fingerprint density at radius 1 is 0.793 bits per heavy atom. The summed E-state index contributed by atoms with van der Waals surface area (Å²) in [4.78, 5) is 38.6. The number of urea groups is 1. The molecule has 1 fully saturated rings. The highest BCUT2D eigenvalue weighted by Gasteiger charge is 2.36. The minimum absolute atomic E-state index is 0.121. The molecule has 8 heteroatoms. The van der Waals surface area contributed by atoms with E-state index in [0.717, 1.165) is 19.5 Å². The number of aromatic nitrogens is 1. The minimum atomic E-state index is -0.775. The topological polar surface area (TPSA) is 71.4 Å². The van der Waals surface area contributed by atoms with Gasteiger partial charge in [-0.3, -0.25) is 14.9 Å². The van der Waals surface area contributed by atoms with E-state index in [1.807, 2.05) is 41.1 Å². The molecule has 0 atom stereocenters. The molecule has 4 rings (SSSR count). The zero-order valence-corrected chi connectivity index (χ0v) is 18.0. The first kappa shape index (κ1) is 19.4. The molecular weight excluding hydrogens is 502 g/mol. The molecule has 1 N–H and O–H groups in total. The van der Waals surface area contributed by atoms with Gasteiger partial charge in [0.15, 0.2) is 0 Å². The van der Waals surface area contributed by atoms with E-state index in [9.17, 15) is 14.4 Å². The minimum Gasteiger partial charge on any atom is -0.317 e. The van der Waals surface area contributed by atoms with Gasteiger partial charge in [0.2, 0.25) is 0 Å². The molecule has 29 heavy (non-hydrogen) atoms. The van der Waals surface area contributed by atoms with E-state index in [-0.39, 0.29) is 5.57 Å². The number of hydrogen-bond donors (Lipinski definition) is 1. The fourth-order valence-corrected chi connectivity index (χ4v) is 3.51. The third-order valence-corrected chi connectivity index (χ3v) is 5.42. The maximum absolute atomic E-state index is 13.0. The SMILES string of the molecule is O=C1NC(=O)N(c2ccc(Br)cc2)C(=O)/C1=C/c1cccn1-c1ccc(Br)cc1. The molecule has 1 aliphatic rings. The van der Waals surface area contributed by atoms with Crippen LogP contribution in [0.2, 0.25) is 0 Å². The lowest BCUT2D eigenvalue weighted by Gasteiger charge is -2.26. The van der Waals surface area contributed by atoms with E-state index in [4.69, 9.17) is 0 Å². The smallest absolute Gasteiger partial charge is 0.317 e. The number of imide groups is 2. The molecular formula is C21H13Br2N3O3. The van der Waals surface area contributed by atoms with Crippen LogP contribution in [0.25, 0.3) is 11.8 Å². The maximum Gasteiger partial charge on any atom is 0.335 e. The summed E-state index contributed by atoms with van der Waals surface area (Å²) >= 11 is 6.72. The van der Waals surface area contributed by atoms with Crippen molar-refractivity contribution in [3.63, 3.8) is 0 Å². The van der Waals surface area contributed by atoms with Crippen molar-refractivity contribution in [1.82, 2.24) is 9.88 Å². The van der Waals surface area contributed by atoms with Gasteiger partial charge in [-0.15, -0.1) is 0 Å². The average molecular weight is 515 g/mol. The van der Waals surface area contributed by atoms with Gasteiger partial charge < -0.3 is 4.57 Å². The standard InChI is InChI=1S/C21H13Br2N3O3/c22-13-3-7-15(8-4-13)25-11-1-2-17(25)12-18-19(27)24-21(29)26(20(18)28)16-9-5-14(23)6-10-16/h1-12H,(H,24,27,29)/b18-12+. The number of carbonyl (C=O) groups excluding carboxylic acids is 3. The first-order valence-electron chi connectivity index (χ1n) is 8.54. The highest BCUT2D eigenvalue weighted by Crippen LogP contribution is 2.24. The predicted molar refractivity (Wildman–Crippen MR) is 117 cm³/mol. The Hall–Kier alpha value is -2.97. The molecule has 3 aromatic rings. The number of nitrogens with zero attached hydrogens (tertiary/aromatic N) is 2. The van der Waals surface area contributed by atoms with E-state index in [0.29, 0.717) is 11.4 Å². The number of hydrogen-bond acceptors (Lipinski definition) is 3. The molecule has 1 aromatic heterocycles. The molecule has 0 saturated carbocycles. The summed E-state index contributed by atoms with van der Waals surface area (Å²) in [6.07, 6.45) is 3.32. The molecule has 0 spiro atoms. The lowest BCUT2D eigenvalue weighted by atomic mass is 10.1. The lowest BCUT2D eigenvalue weighted by molar-refractivity contribution is -0.122. The second-order valence-electron chi connectivity index (χ2n) is 6.21. The Balaban J connectivity index is 1.73. The molecule has 0 bridgehead atoms. The van der Waals surface area contributed by atoms with Crippen LogP contribution in [0.3, 0.4) is 0 Å². The van der Waals surface area contributed by atoms with Crippen LogP contribution >= 0.6 is 31.9 Å². The molecule has 4 amide bonds. The van der Waals surface area contributed by atoms with E-state index in [2.05, 4.69) is 37.2 Å². The van der Waals surface area contributed by atoms with Crippen molar-refractivity contribution in [1.29, 1.82) is 0 Å². The zero-order chi connectivity index (χ0) is 20.5. The normalized spacial score (nSPS) is 15.7. The number of benzene rings is 2. The molecule has 2 heterocycles. The van der Waals surface area contributed by atoms with E-state index < -0.39 is 17.8 Å². The number of anilines is 1. The molecule has 0 radical (unpaired) electrons. The van der Waals surface area contributed by atoms with Crippen LogP contribution in [-0.4, -0.2) is 22.4 Å². The van der Waals surface area contributed by atoms with E-state index >= 15 is 0 Å². The first-order valence-corrected chi connectivity index (χ1v) is 10.1. The quantitative estimate of drug-likeness (QED) is 0.408. The number of amides is 4. The summed E-state index contributed by atoms with van der Waals surface area (Å²) in [6.45, 7) is 0. The van der Waals surface area contributed by atoms with Crippen molar-refractivity contribution in [3.05, 3.63) is 87.1 Å². The number of rotatable bonds is 3. The van der Waals surface area contributed by atoms with Gasteiger partial charge in [0.25, 0.3) is 11.8 Å². The second kappa shape index (κ2) is 7.81. The number of carbonyl (C=O) groups is 3. The Morgan fingerprint density at radius 3 is 2.00 bits per heavy atom. The monoisotopic (exact) mass is 513 g/mol. The number of halogens is 2. The van der Waals surface area contributed by atoms with Gasteiger partial charge in [-0.1, -0.05) is 31.9 Å². The first-order chi connectivity index (χ1) is 13.9. The van der Waals surface area contributed by atoms with Crippen LogP contribution in [0.4, 0.5) is 10.5 Å². The second-order valence-corrected chi connectivity index (χ2v) is 8.05. The summed E-state index contributed by atoms with van der Waals surface area (Å²) in [7, 11) is 0. The van der Waals surface area contributed by atoms with Crippen molar-refractivity contribution < 1.29 is 14.4 Å². The van der Waals surface area contributed by atoms with Gasteiger partial charge >= 0.3 is 6.03 Å². The van der Waals surface area contributed by atoms with E-state index in [1.165, 1.54) is 6.08 Å². The predicted octanol–water partition coefficient (Wildman–Crippen LogP) is 4.67. The average Bonchev–Trinajstić information content (AvgIpc) is 3.15. The fraction of sp³-hybridized carbons (Fsp3) is 0. The van der Waals surface area contributed by atoms with Crippen LogP contribution in [-0.2, 0) is 9.59 Å². The lowest BCUT2D eigenvalue weighted by Crippen LogP contribution is -2.54. The summed E-state index contributed by atoms with van der Waals surface area (Å²) in [6, 6.07) is 17.1. The van der Waals surface area contributed by atoms with Gasteiger partial charge in [-0.05, 0) is 66.7 Å². The van der Waals surface area contributed by atoms with E-state index in [1.54, 1.807) is 30.3 Å². The van der Waals surface area contributed by atoms with Crippen LogP contribution in [0.15, 0.2) is 81.4 Å². The fourth-order valence-electron chi connectivity index (χ4n) is 2.98. The van der Waals surface area contributed by atoms with Crippen LogP contribution in [0, 0.1) is 0 Å². The summed E-state index contributed by atoms with van der Waals surface area (Å²) < 4.78 is 3.60. The number of nitrogens with one attached hydrogen (secondary N) is 1. The van der Waals surface area contributed by atoms with Crippen LogP contribution in [0.5, 0.6) is 0 Å². The van der Waals surface area contributed by atoms with Gasteiger partial charge in [-0.25, -0.2) is 9.69 Å². The highest BCUT2D eigenvalue weighted by molar-refractivity contribution is 9.10. The molecule has 1 saturated heterocycles. The summed E-state index contributed by atoms with van der Waals surface area (Å²) in [5, 5.41) is 2.23. The Bertz CT molecular complexity index is 1150. The van der Waals surface area contributed by atoms with Crippen molar-refractivity contribution in [3.8, 4) is 5.69 Å². The maximum atomic E-state index is 13.0. The van der Waals surface area contributed by atoms with Gasteiger partial charge in [-0.2, -0.15) is 0 Å². The van der Waals surface area contributed by atoms with Gasteiger partial charge in [0.1, 0.15) is 5.57 Å². The molecule has 144 valence electrons. The van der Waals surface area contributed by atoms with Crippen LogP contribution in [0.1, 0.15) is 5.69 Å². The largest absolute Gasteiger partial charge is 0.335 e. The van der Waals surface area contributed by atoms with Gasteiger partial charge in [0.05, 0.1) is 5.69 Å². The molecule has 2 aromatic carbocycles.